The van der Waals surface area contributed by atoms with Gasteiger partial charge in [0.05, 0.1) is 6.10 Å². The Balaban J connectivity index is 2.94. The first kappa shape index (κ1) is 11.1. The average molecular weight is 194 g/mol. The van der Waals surface area contributed by atoms with Crippen molar-refractivity contribution < 1.29 is 5.11 Å². The first-order valence-electron chi connectivity index (χ1n) is 4.76. The molecule has 1 aromatic rings. The van der Waals surface area contributed by atoms with E-state index in [4.69, 9.17) is 0 Å². The third-order valence-corrected chi connectivity index (χ3v) is 2.54. The molecule has 1 rings (SSSR count). The van der Waals surface area contributed by atoms with Crippen molar-refractivity contribution in [3.63, 3.8) is 0 Å². The molecule has 0 saturated carbocycles. The lowest BCUT2D eigenvalue weighted by atomic mass is 9.92. The number of hydrogen-bond donors (Lipinski definition) is 2. The standard InChI is InChI=1S/C11H18N2O/c1-8-5-9(7-13-6-8)10(14)11(2,3)12-4/h5-7,10,12,14H,1-4H3. The highest BCUT2D eigenvalue weighted by Gasteiger charge is 2.27. The number of aliphatic hydroxyl groups is 1. The molecule has 0 amide bonds. The van der Waals surface area contributed by atoms with E-state index in [-0.39, 0.29) is 5.54 Å². The van der Waals surface area contributed by atoms with Gasteiger partial charge in [-0.05, 0) is 33.4 Å². The lowest BCUT2D eigenvalue weighted by Gasteiger charge is -2.30. The minimum atomic E-state index is -0.542. The van der Waals surface area contributed by atoms with Crippen molar-refractivity contribution in [2.45, 2.75) is 32.4 Å². The maximum atomic E-state index is 10.1. The fourth-order valence-corrected chi connectivity index (χ4v) is 1.28. The first-order valence-corrected chi connectivity index (χ1v) is 4.76. The molecule has 1 unspecified atom stereocenters. The highest BCUT2D eigenvalue weighted by molar-refractivity contribution is 5.21. The summed E-state index contributed by atoms with van der Waals surface area (Å²) in [5.74, 6) is 0. The summed E-state index contributed by atoms with van der Waals surface area (Å²) in [6.07, 6.45) is 2.94. The number of aryl methyl sites for hydroxylation is 1. The molecule has 0 aliphatic rings. The van der Waals surface area contributed by atoms with E-state index in [2.05, 4.69) is 10.3 Å². The van der Waals surface area contributed by atoms with E-state index in [1.807, 2.05) is 33.9 Å². The summed E-state index contributed by atoms with van der Waals surface area (Å²) in [7, 11) is 1.84. The van der Waals surface area contributed by atoms with Gasteiger partial charge in [-0.2, -0.15) is 0 Å². The molecule has 0 aliphatic carbocycles. The lowest BCUT2D eigenvalue weighted by Crippen LogP contribution is -2.42. The molecule has 14 heavy (non-hydrogen) atoms. The van der Waals surface area contributed by atoms with Crippen LogP contribution in [0.2, 0.25) is 0 Å². The van der Waals surface area contributed by atoms with Gasteiger partial charge in [0.15, 0.2) is 0 Å². The third kappa shape index (κ3) is 2.30. The van der Waals surface area contributed by atoms with Gasteiger partial charge < -0.3 is 10.4 Å². The van der Waals surface area contributed by atoms with Gasteiger partial charge in [-0.3, -0.25) is 4.98 Å². The number of rotatable bonds is 3. The predicted molar refractivity (Wildman–Crippen MR) is 57.1 cm³/mol. The second kappa shape index (κ2) is 4.07. The molecule has 3 heteroatoms. The Kier molecular flexibility index (Phi) is 3.24. The Morgan fingerprint density at radius 3 is 2.57 bits per heavy atom. The highest BCUT2D eigenvalue weighted by atomic mass is 16.3. The summed E-state index contributed by atoms with van der Waals surface area (Å²) >= 11 is 0. The van der Waals surface area contributed by atoms with E-state index in [9.17, 15) is 5.11 Å². The van der Waals surface area contributed by atoms with E-state index < -0.39 is 6.10 Å². The van der Waals surface area contributed by atoms with E-state index in [1.54, 1.807) is 12.4 Å². The second-order valence-corrected chi connectivity index (χ2v) is 4.17. The fourth-order valence-electron chi connectivity index (χ4n) is 1.28. The van der Waals surface area contributed by atoms with Crippen LogP contribution >= 0.6 is 0 Å². The number of nitrogens with one attached hydrogen (secondary N) is 1. The van der Waals surface area contributed by atoms with Crippen molar-refractivity contribution in [1.29, 1.82) is 0 Å². The number of nitrogens with zero attached hydrogens (tertiary/aromatic N) is 1. The summed E-state index contributed by atoms with van der Waals surface area (Å²) in [4.78, 5) is 4.07. The van der Waals surface area contributed by atoms with E-state index in [0.29, 0.717) is 0 Å². The van der Waals surface area contributed by atoms with Crippen molar-refractivity contribution >= 4 is 0 Å². The predicted octanol–water partition coefficient (Wildman–Crippen LogP) is 1.42. The van der Waals surface area contributed by atoms with Crippen LogP contribution in [-0.4, -0.2) is 22.7 Å². The van der Waals surface area contributed by atoms with Crippen molar-refractivity contribution in [3.8, 4) is 0 Å². The monoisotopic (exact) mass is 194 g/mol. The van der Waals surface area contributed by atoms with Crippen molar-refractivity contribution in [2.24, 2.45) is 0 Å². The summed E-state index contributed by atoms with van der Waals surface area (Å²) in [5.41, 5.74) is 1.58. The zero-order valence-electron chi connectivity index (χ0n) is 9.20. The maximum Gasteiger partial charge on any atom is 0.0980 e. The molecule has 1 aromatic heterocycles. The minimum absolute atomic E-state index is 0.338. The summed E-state index contributed by atoms with van der Waals surface area (Å²) in [5, 5.41) is 13.2. The summed E-state index contributed by atoms with van der Waals surface area (Å²) < 4.78 is 0. The Bertz CT molecular complexity index is 310. The third-order valence-electron chi connectivity index (χ3n) is 2.54. The van der Waals surface area contributed by atoms with Crippen molar-refractivity contribution in [1.82, 2.24) is 10.3 Å². The molecule has 0 aromatic carbocycles. The maximum absolute atomic E-state index is 10.1. The Labute approximate surface area is 85.2 Å². The lowest BCUT2D eigenvalue weighted by molar-refractivity contribution is 0.0851. The Hall–Kier alpha value is -0.930. The summed E-state index contributed by atoms with van der Waals surface area (Å²) in [6, 6.07) is 1.96. The van der Waals surface area contributed by atoms with Crippen LogP contribution in [0.1, 0.15) is 31.1 Å². The number of pyridine rings is 1. The highest BCUT2D eigenvalue weighted by Crippen LogP contribution is 2.24. The molecular formula is C11H18N2O. The molecule has 1 heterocycles. The molecule has 1 atom stereocenters. The first-order chi connectivity index (χ1) is 6.47. The van der Waals surface area contributed by atoms with Crippen LogP contribution in [-0.2, 0) is 0 Å². The van der Waals surface area contributed by atoms with Crippen LogP contribution in [0.25, 0.3) is 0 Å². The van der Waals surface area contributed by atoms with Crippen LogP contribution in [0, 0.1) is 6.92 Å². The number of aliphatic hydroxyl groups excluding tert-OH is 1. The van der Waals surface area contributed by atoms with Gasteiger partial charge in [-0.1, -0.05) is 6.07 Å². The number of likely N-dealkylation sites (N-methyl/N-ethyl adjacent to an activating group) is 1. The van der Waals surface area contributed by atoms with Crippen LogP contribution in [0.5, 0.6) is 0 Å². The molecule has 78 valence electrons. The summed E-state index contributed by atoms with van der Waals surface area (Å²) in [6.45, 7) is 5.88. The minimum Gasteiger partial charge on any atom is -0.386 e. The van der Waals surface area contributed by atoms with E-state index in [0.717, 1.165) is 11.1 Å². The Morgan fingerprint density at radius 1 is 1.43 bits per heavy atom. The molecule has 0 bridgehead atoms. The van der Waals surface area contributed by atoms with Crippen LogP contribution in [0.15, 0.2) is 18.5 Å². The van der Waals surface area contributed by atoms with Crippen molar-refractivity contribution in [3.05, 3.63) is 29.6 Å². The van der Waals surface area contributed by atoms with Crippen LogP contribution in [0.4, 0.5) is 0 Å². The van der Waals surface area contributed by atoms with Gasteiger partial charge in [0.25, 0.3) is 0 Å². The largest absolute Gasteiger partial charge is 0.386 e. The zero-order valence-corrected chi connectivity index (χ0v) is 9.20. The molecular weight excluding hydrogens is 176 g/mol. The molecule has 3 nitrogen and oxygen atoms in total. The SMILES string of the molecule is CNC(C)(C)C(O)c1cncc(C)c1. The van der Waals surface area contributed by atoms with E-state index in [1.165, 1.54) is 0 Å². The van der Waals surface area contributed by atoms with Gasteiger partial charge in [0, 0.05) is 23.5 Å². The quantitative estimate of drug-likeness (QED) is 0.765. The average Bonchev–Trinajstić information content (AvgIpc) is 2.16. The Morgan fingerprint density at radius 2 is 2.07 bits per heavy atom. The fraction of sp³-hybridized carbons (Fsp3) is 0.545. The number of hydrogen-bond acceptors (Lipinski definition) is 3. The number of aromatic nitrogens is 1. The van der Waals surface area contributed by atoms with Crippen molar-refractivity contribution in [2.75, 3.05) is 7.05 Å². The topological polar surface area (TPSA) is 45.1 Å². The smallest absolute Gasteiger partial charge is 0.0980 e. The molecule has 0 saturated heterocycles. The van der Waals surface area contributed by atoms with Gasteiger partial charge in [-0.15, -0.1) is 0 Å². The van der Waals surface area contributed by atoms with Gasteiger partial charge >= 0.3 is 0 Å². The molecule has 2 N–H and O–H groups in total. The van der Waals surface area contributed by atoms with Gasteiger partial charge in [-0.25, -0.2) is 0 Å². The van der Waals surface area contributed by atoms with E-state index >= 15 is 0 Å². The molecule has 0 spiro atoms. The second-order valence-electron chi connectivity index (χ2n) is 4.17. The van der Waals surface area contributed by atoms with Crippen LogP contribution < -0.4 is 5.32 Å². The normalized spacial score (nSPS) is 14.1. The van der Waals surface area contributed by atoms with Crippen LogP contribution in [0.3, 0.4) is 0 Å². The molecule has 0 aliphatic heterocycles. The molecule has 0 radical (unpaired) electrons. The molecule has 0 fully saturated rings. The van der Waals surface area contributed by atoms with Gasteiger partial charge in [0.2, 0.25) is 0 Å². The van der Waals surface area contributed by atoms with Gasteiger partial charge in [0.1, 0.15) is 0 Å². The zero-order chi connectivity index (χ0) is 10.8.